The maximum Gasteiger partial charge on any atom is 0.0322 e. The molecule has 16 heavy (non-hydrogen) atoms. The van der Waals surface area contributed by atoms with Gasteiger partial charge in [0.15, 0.2) is 0 Å². The van der Waals surface area contributed by atoms with Crippen molar-refractivity contribution in [2.24, 2.45) is 5.92 Å². The second-order valence-corrected chi connectivity index (χ2v) is 5.50. The highest BCUT2D eigenvalue weighted by Crippen LogP contribution is 2.37. The predicted molar refractivity (Wildman–Crippen MR) is 67.4 cm³/mol. The summed E-state index contributed by atoms with van der Waals surface area (Å²) >= 11 is 0. The lowest BCUT2D eigenvalue weighted by molar-refractivity contribution is 0.261. The number of nitrogens with one attached hydrogen (secondary N) is 1. The second-order valence-electron chi connectivity index (χ2n) is 5.50. The van der Waals surface area contributed by atoms with Gasteiger partial charge in [-0.05, 0) is 44.1 Å². The number of hydrogen-bond acceptors (Lipinski definition) is 1. The van der Waals surface area contributed by atoms with Crippen molar-refractivity contribution < 1.29 is 0 Å². The van der Waals surface area contributed by atoms with Crippen LogP contribution in [-0.2, 0) is 0 Å². The summed E-state index contributed by atoms with van der Waals surface area (Å²) in [7, 11) is 0. The highest BCUT2D eigenvalue weighted by Gasteiger charge is 2.33. The standard InChI is InChI=1S/C15H21N/c1-11-5-7-13(8-6-11)15-10-9-12-3-2-4-14(12)16-15/h5-8,12,14-16H,2-4,9-10H2,1H3. The van der Waals surface area contributed by atoms with E-state index in [1.54, 1.807) is 0 Å². The van der Waals surface area contributed by atoms with Crippen LogP contribution >= 0.6 is 0 Å². The van der Waals surface area contributed by atoms with Crippen molar-refractivity contribution in [1.82, 2.24) is 5.32 Å². The van der Waals surface area contributed by atoms with Gasteiger partial charge in [-0.1, -0.05) is 36.2 Å². The molecule has 1 N–H and O–H groups in total. The van der Waals surface area contributed by atoms with Crippen molar-refractivity contribution in [3.8, 4) is 0 Å². The van der Waals surface area contributed by atoms with E-state index in [4.69, 9.17) is 0 Å². The number of piperidine rings is 1. The van der Waals surface area contributed by atoms with E-state index in [-0.39, 0.29) is 0 Å². The SMILES string of the molecule is Cc1ccc(C2CCC3CCCC3N2)cc1. The van der Waals surface area contributed by atoms with Crippen molar-refractivity contribution in [2.75, 3.05) is 0 Å². The smallest absolute Gasteiger partial charge is 0.0322 e. The molecule has 3 rings (SSSR count). The fraction of sp³-hybridized carbons (Fsp3) is 0.600. The molecule has 2 fully saturated rings. The topological polar surface area (TPSA) is 12.0 Å². The van der Waals surface area contributed by atoms with Gasteiger partial charge in [0.1, 0.15) is 0 Å². The van der Waals surface area contributed by atoms with Crippen LogP contribution in [0.25, 0.3) is 0 Å². The minimum absolute atomic E-state index is 0.611. The van der Waals surface area contributed by atoms with Crippen LogP contribution in [-0.4, -0.2) is 6.04 Å². The Bertz CT molecular complexity index is 354. The first-order chi connectivity index (χ1) is 7.83. The molecule has 1 aromatic rings. The molecule has 3 atom stereocenters. The van der Waals surface area contributed by atoms with Crippen LogP contribution in [0.1, 0.15) is 49.3 Å². The molecular formula is C15H21N. The lowest BCUT2D eigenvalue weighted by atomic mass is 9.87. The molecule has 1 heterocycles. The van der Waals surface area contributed by atoms with Crippen molar-refractivity contribution in [3.63, 3.8) is 0 Å². The first-order valence-electron chi connectivity index (χ1n) is 6.65. The van der Waals surface area contributed by atoms with Gasteiger partial charge in [-0.3, -0.25) is 0 Å². The first-order valence-corrected chi connectivity index (χ1v) is 6.65. The molecule has 1 aromatic carbocycles. The van der Waals surface area contributed by atoms with Crippen molar-refractivity contribution in [3.05, 3.63) is 35.4 Å². The van der Waals surface area contributed by atoms with Crippen LogP contribution < -0.4 is 5.32 Å². The average molecular weight is 215 g/mol. The quantitative estimate of drug-likeness (QED) is 0.755. The summed E-state index contributed by atoms with van der Waals surface area (Å²) in [6, 6.07) is 10.5. The van der Waals surface area contributed by atoms with Crippen molar-refractivity contribution in [2.45, 2.75) is 51.1 Å². The first kappa shape index (κ1) is 10.3. The van der Waals surface area contributed by atoms with E-state index in [9.17, 15) is 0 Å². The number of aryl methyl sites for hydroxylation is 1. The second kappa shape index (κ2) is 4.21. The van der Waals surface area contributed by atoms with Crippen LogP contribution in [0.15, 0.2) is 24.3 Å². The molecule has 1 heteroatoms. The Morgan fingerprint density at radius 1 is 1.00 bits per heavy atom. The third-order valence-electron chi connectivity index (χ3n) is 4.38. The van der Waals surface area contributed by atoms with Gasteiger partial charge in [0, 0.05) is 12.1 Å². The van der Waals surface area contributed by atoms with Gasteiger partial charge in [-0.15, -0.1) is 0 Å². The molecule has 86 valence electrons. The minimum atomic E-state index is 0.611. The number of hydrogen-bond donors (Lipinski definition) is 1. The summed E-state index contributed by atoms with van der Waals surface area (Å²) < 4.78 is 0. The molecule has 1 nitrogen and oxygen atoms in total. The Labute approximate surface area is 98.3 Å². The molecule has 0 aromatic heterocycles. The van der Waals surface area contributed by atoms with E-state index < -0.39 is 0 Å². The normalized spacial score (nSPS) is 33.7. The Hall–Kier alpha value is -0.820. The number of rotatable bonds is 1. The summed E-state index contributed by atoms with van der Waals surface area (Å²) in [6.45, 7) is 2.16. The molecule has 0 bridgehead atoms. The lowest BCUT2D eigenvalue weighted by Gasteiger charge is -2.34. The Balaban J connectivity index is 1.74. The molecule has 2 aliphatic rings. The van der Waals surface area contributed by atoms with E-state index >= 15 is 0 Å². The zero-order valence-electron chi connectivity index (χ0n) is 10.1. The zero-order valence-corrected chi connectivity index (χ0v) is 10.1. The van der Waals surface area contributed by atoms with E-state index in [2.05, 4.69) is 36.5 Å². The summed E-state index contributed by atoms with van der Waals surface area (Å²) in [5.41, 5.74) is 2.84. The van der Waals surface area contributed by atoms with Crippen molar-refractivity contribution in [1.29, 1.82) is 0 Å². The van der Waals surface area contributed by atoms with E-state index in [0.29, 0.717) is 6.04 Å². The molecule has 0 spiro atoms. The Kier molecular flexibility index (Phi) is 2.72. The average Bonchev–Trinajstić information content (AvgIpc) is 2.77. The Morgan fingerprint density at radius 3 is 2.62 bits per heavy atom. The molecule has 1 saturated carbocycles. The maximum atomic E-state index is 3.85. The van der Waals surface area contributed by atoms with Gasteiger partial charge in [0.25, 0.3) is 0 Å². The molecule has 1 aliphatic carbocycles. The summed E-state index contributed by atoms with van der Waals surface area (Å²) in [4.78, 5) is 0. The monoisotopic (exact) mass is 215 g/mol. The van der Waals surface area contributed by atoms with Gasteiger partial charge in [0.05, 0.1) is 0 Å². The predicted octanol–water partition coefficient (Wildman–Crippen LogP) is 3.59. The molecule has 1 saturated heterocycles. The fourth-order valence-electron chi connectivity index (χ4n) is 3.39. The highest BCUT2D eigenvalue weighted by atomic mass is 15.0. The number of benzene rings is 1. The molecular weight excluding hydrogens is 194 g/mol. The molecule has 3 unspecified atom stereocenters. The van der Waals surface area contributed by atoms with E-state index in [1.807, 2.05) is 0 Å². The largest absolute Gasteiger partial charge is 0.307 e. The van der Waals surface area contributed by atoms with Crippen molar-refractivity contribution >= 4 is 0 Å². The van der Waals surface area contributed by atoms with Gasteiger partial charge >= 0.3 is 0 Å². The summed E-state index contributed by atoms with van der Waals surface area (Å²) in [5, 5.41) is 3.85. The van der Waals surface area contributed by atoms with Crippen LogP contribution in [0.5, 0.6) is 0 Å². The van der Waals surface area contributed by atoms with Crippen LogP contribution in [0, 0.1) is 12.8 Å². The third kappa shape index (κ3) is 1.89. The molecule has 0 radical (unpaired) electrons. The maximum absolute atomic E-state index is 3.85. The van der Waals surface area contributed by atoms with Gasteiger partial charge in [-0.25, -0.2) is 0 Å². The van der Waals surface area contributed by atoms with E-state index in [1.165, 1.54) is 43.2 Å². The van der Waals surface area contributed by atoms with Crippen LogP contribution in [0.3, 0.4) is 0 Å². The van der Waals surface area contributed by atoms with Gasteiger partial charge in [-0.2, -0.15) is 0 Å². The third-order valence-corrected chi connectivity index (χ3v) is 4.38. The Morgan fingerprint density at radius 2 is 1.81 bits per heavy atom. The van der Waals surface area contributed by atoms with Crippen LogP contribution in [0.2, 0.25) is 0 Å². The molecule has 0 amide bonds. The highest BCUT2D eigenvalue weighted by molar-refractivity contribution is 5.24. The van der Waals surface area contributed by atoms with Gasteiger partial charge < -0.3 is 5.32 Å². The fourth-order valence-corrected chi connectivity index (χ4v) is 3.39. The summed E-state index contributed by atoms with van der Waals surface area (Å²) in [6.07, 6.45) is 7.04. The van der Waals surface area contributed by atoms with Gasteiger partial charge in [0.2, 0.25) is 0 Å². The summed E-state index contributed by atoms with van der Waals surface area (Å²) in [5.74, 6) is 0.974. The van der Waals surface area contributed by atoms with Crippen LogP contribution in [0.4, 0.5) is 0 Å². The minimum Gasteiger partial charge on any atom is -0.307 e. The number of fused-ring (bicyclic) bond motifs is 1. The zero-order chi connectivity index (χ0) is 11.0. The van der Waals surface area contributed by atoms with E-state index in [0.717, 1.165) is 12.0 Å². The molecule has 1 aliphatic heterocycles. The lowest BCUT2D eigenvalue weighted by Crippen LogP contribution is -2.40.